The van der Waals surface area contributed by atoms with Crippen molar-refractivity contribution in [1.29, 1.82) is 0 Å². The number of hydrogen-bond donors (Lipinski definition) is 1. The molecule has 1 atom stereocenters. The van der Waals surface area contributed by atoms with Crippen LogP contribution in [0.1, 0.15) is 42.9 Å². The monoisotopic (exact) mass is 449 g/mol. The van der Waals surface area contributed by atoms with E-state index in [1.54, 1.807) is 0 Å². The Morgan fingerprint density at radius 2 is 1.53 bits per heavy atom. The van der Waals surface area contributed by atoms with Gasteiger partial charge < -0.3 is 4.90 Å². The number of nitrogens with two attached hydrogens (primary N) is 1. The van der Waals surface area contributed by atoms with Crippen molar-refractivity contribution in [2.75, 3.05) is 38.5 Å². The lowest BCUT2D eigenvalue weighted by Gasteiger charge is -2.40. The summed E-state index contributed by atoms with van der Waals surface area (Å²) in [5, 5.41) is 5.82. The van der Waals surface area contributed by atoms with Crippen LogP contribution in [0, 0.1) is 0 Å². The summed E-state index contributed by atoms with van der Waals surface area (Å²) in [5.41, 5.74) is 2.53. The standard InChI is InChI=1S/C23H32ClN3O2S/c24-22-12-8-11-21(19-22)23(20-9-4-3-5-10-20)27-16-14-26(15-17-27)13-6-1-2-7-18-30(25,28)29/h3-5,8-12,19,23H,1-2,6-7,13-18H2,(H2,25,28,29). The summed E-state index contributed by atoms with van der Waals surface area (Å²) >= 11 is 6.29. The van der Waals surface area contributed by atoms with Crippen molar-refractivity contribution in [3.05, 3.63) is 70.7 Å². The first-order chi connectivity index (χ1) is 14.4. The van der Waals surface area contributed by atoms with E-state index in [1.807, 2.05) is 12.1 Å². The molecule has 3 rings (SSSR count). The molecule has 5 nitrogen and oxygen atoms in total. The molecule has 0 aromatic heterocycles. The van der Waals surface area contributed by atoms with Crippen molar-refractivity contribution in [2.24, 2.45) is 5.14 Å². The molecule has 1 fully saturated rings. The molecule has 0 aliphatic carbocycles. The fraction of sp³-hybridized carbons (Fsp3) is 0.478. The fourth-order valence-electron chi connectivity index (χ4n) is 4.16. The van der Waals surface area contributed by atoms with Crippen LogP contribution in [0.2, 0.25) is 5.02 Å². The molecular weight excluding hydrogens is 418 g/mol. The van der Waals surface area contributed by atoms with Gasteiger partial charge in [-0.05, 0) is 42.6 Å². The highest BCUT2D eigenvalue weighted by molar-refractivity contribution is 7.89. The molecule has 1 saturated heterocycles. The minimum atomic E-state index is -3.32. The third kappa shape index (κ3) is 7.36. The van der Waals surface area contributed by atoms with Gasteiger partial charge >= 0.3 is 0 Å². The van der Waals surface area contributed by atoms with Gasteiger partial charge in [-0.1, -0.05) is 66.9 Å². The van der Waals surface area contributed by atoms with E-state index in [0.29, 0.717) is 6.42 Å². The number of benzene rings is 2. The van der Waals surface area contributed by atoms with Crippen LogP contribution in [0.3, 0.4) is 0 Å². The lowest BCUT2D eigenvalue weighted by atomic mass is 9.96. The van der Waals surface area contributed by atoms with Gasteiger partial charge in [-0.25, -0.2) is 13.6 Å². The minimum Gasteiger partial charge on any atom is -0.301 e. The predicted octanol–water partition coefficient (Wildman–Crippen LogP) is 3.90. The molecule has 2 aromatic carbocycles. The molecule has 1 aliphatic heterocycles. The average molecular weight is 450 g/mol. The molecule has 0 bridgehead atoms. The lowest BCUT2D eigenvalue weighted by molar-refractivity contribution is 0.108. The van der Waals surface area contributed by atoms with Crippen LogP contribution in [0.25, 0.3) is 0 Å². The molecule has 164 valence electrons. The Morgan fingerprint density at radius 1 is 0.867 bits per heavy atom. The van der Waals surface area contributed by atoms with Gasteiger partial charge in [0, 0.05) is 31.2 Å². The molecule has 7 heteroatoms. The minimum absolute atomic E-state index is 0.0933. The summed E-state index contributed by atoms with van der Waals surface area (Å²) < 4.78 is 22.0. The number of rotatable bonds is 10. The van der Waals surface area contributed by atoms with Crippen LogP contribution in [0.5, 0.6) is 0 Å². The maximum absolute atomic E-state index is 11.0. The van der Waals surface area contributed by atoms with Crippen molar-refractivity contribution in [2.45, 2.75) is 31.7 Å². The zero-order valence-corrected chi connectivity index (χ0v) is 19.0. The first-order valence-electron chi connectivity index (χ1n) is 10.7. The summed E-state index contributed by atoms with van der Waals surface area (Å²) in [4.78, 5) is 5.06. The molecule has 1 aliphatic rings. The summed E-state index contributed by atoms with van der Waals surface area (Å²) in [6.45, 7) is 5.17. The highest BCUT2D eigenvalue weighted by Gasteiger charge is 2.26. The number of hydrogen-bond acceptors (Lipinski definition) is 4. The van der Waals surface area contributed by atoms with Gasteiger partial charge in [-0.2, -0.15) is 0 Å². The van der Waals surface area contributed by atoms with Gasteiger partial charge in [-0.3, -0.25) is 4.90 Å². The zero-order valence-electron chi connectivity index (χ0n) is 17.4. The van der Waals surface area contributed by atoms with Crippen molar-refractivity contribution < 1.29 is 8.42 Å². The van der Waals surface area contributed by atoms with E-state index in [0.717, 1.165) is 57.0 Å². The smallest absolute Gasteiger partial charge is 0.209 e. The Balaban J connectivity index is 1.51. The normalized spacial score (nSPS) is 17.1. The van der Waals surface area contributed by atoms with Gasteiger partial charge in [0.2, 0.25) is 10.0 Å². The van der Waals surface area contributed by atoms with Gasteiger partial charge in [0.25, 0.3) is 0 Å². The predicted molar refractivity (Wildman–Crippen MR) is 124 cm³/mol. The molecule has 0 amide bonds. The van der Waals surface area contributed by atoms with E-state index >= 15 is 0 Å². The van der Waals surface area contributed by atoms with E-state index in [2.05, 4.69) is 52.3 Å². The molecular formula is C23H32ClN3O2S. The van der Waals surface area contributed by atoms with Crippen molar-refractivity contribution >= 4 is 21.6 Å². The van der Waals surface area contributed by atoms with E-state index in [4.69, 9.17) is 16.7 Å². The lowest BCUT2D eigenvalue weighted by Crippen LogP contribution is -2.48. The van der Waals surface area contributed by atoms with Crippen LogP contribution in [-0.4, -0.2) is 56.7 Å². The number of sulfonamides is 1. The van der Waals surface area contributed by atoms with Crippen LogP contribution < -0.4 is 5.14 Å². The van der Waals surface area contributed by atoms with Crippen molar-refractivity contribution in [3.8, 4) is 0 Å². The Bertz CT molecular complexity index is 884. The Hall–Kier alpha value is -1.44. The van der Waals surface area contributed by atoms with Crippen molar-refractivity contribution in [1.82, 2.24) is 9.80 Å². The number of nitrogens with zero attached hydrogens (tertiary/aromatic N) is 2. The Labute approximate surface area is 185 Å². The van der Waals surface area contributed by atoms with E-state index < -0.39 is 10.0 Å². The molecule has 0 radical (unpaired) electrons. The quantitative estimate of drug-likeness (QED) is 0.558. The average Bonchev–Trinajstić information content (AvgIpc) is 2.72. The molecule has 0 spiro atoms. The third-order valence-electron chi connectivity index (χ3n) is 5.70. The summed E-state index contributed by atoms with van der Waals surface area (Å²) in [6, 6.07) is 19.0. The third-order valence-corrected chi connectivity index (χ3v) is 6.80. The first kappa shape index (κ1) is 23.2. The molecule has 2 aromatic rings. The summed E-state index contributed by atoms with van der Waals surface area (Å²) in [5.74, 6) is 0.0933. The van der Waals surface area contributed by atoms with Crippen LogP contribution >= 0.6 is 11.6 Å². The van der Waals surface area contributed by atoms with Crippen molar-refractivity contribution in [3.63, 3.8) is 0 Å². The van der Waals surface area contributed by atoms with Gasteiger partial charge in [0.1, 0.15) is 0 Å². The Morgan fingerprint density at radius 3 is 2.20 bits per heavy atom. The van der Waals surface area contributed by atoms with Gasteiger partial charge in [-0.15, -0.1) is 0 Å². The Kier molecular flexibility index (Phi) is 8.72. The topological polar surface area (TPSA) is 66.6 Å². The number of piperazine rings is 1. The van der Waals surface area contributed by atoms with Gasteiger partial charge in [0.05, 0.1) is 11.8 Å². The first-order valence-corrected chi connectivity index (χ1v) is 12.8. The van der Waals surface area contributed by atoms with E-state index in [1.165, 1.54) is 11.1 Å². The molecule has 0 saturated carbocycles. The van der Waals surface area contributed by atoms with Crippen LogP contribution in [-0.2, 0) is 10.0 Å². The second-order valence-corrected chi connectivity index (χ2v) is 10.2. The zero-order chi connectivity index (χ0) is 21.4. The maximum atomic E-state index is 11.0. The molecule has 1 unspecified atom stereocenters. The van der Waals surface area contributed by atoms with Crippen LogP contribution in [0.4, 0.5) is 0 Å². The number of unbranched alkanes of at least 4 members (excludes halogenated alkanes) is 3. The number of halogens is 1. The van der Waals surface area contributed by atoms with Crippen LogP contribution in [0.15, 0.2) is 54.6 Å². The largest absolute Gasteiger partial charge is 0.301 e. The molecule has 2 N–H and O–H groups in total. The second kappa shape index (κ2) is 11.3. The molecule has 1 heterocycles. The fourth-order valence-corrected chi connectivity index (χ4v) is 4.97. The second-order valence-electron chi connectivity index (χ2n) is 8.03. The molecule has 30 heavy (non-hydrogen) atoms. The van der Waals surface area contributed by atoms with Gasteiger partial charge in [0.15, 0.2) is 0 Å². The SMILES string of the molecule is NS(=O)(=O)CCCCCCN1CCN(C(c2ccccc2)c2cccc(Cl)c2)CC1. The highest BCUT2D eigenvalue weighted by Crippen LogP contribution is 2.31. The van der Waals surface area contributed by atoms with E-state index in [-0.39, 0.29) is 11.8 Å². The van der Waals surface area contributed by atoms with E-state index in [9.17, 15) is 8.42 Å². The summed E-state index contributed by atoms with van der Waals surface area (Å²) in [6.07, 6.45) is 3.72. The summed E-state index contributed by atoms with van der Waals surface area (Å²) in [7, 11) is -3.32. The highest BCUT2D eigenvalue weighted by atomic mass is 35.5. The maximum Gasteiger partial charge on any atom is 0.209 e. The number of primary sulfonamides is 1.